The number of halogens is 4. The molecule has 0 spiro atoms. The lowest BCUT2D eigenvalue weighted by molar-refractivity contribution is 0.104. The highest BCUT2D eigenvalue weighted by molar-refractivity contribution is 8.01. The minimum Gasteiger partial charge on any atom is -0.302 e. The molecule has 0 saturated carbocycles. The predicted octanol–water partition coefficient (Wildman–Crippen LogP) is 6.97. The van der Waals surface area contributed by atoms with E-state index in [4.69, 9.17) is 46.4 Å². The molecule has 0 radical (unpaired) electrons. The molecule has 0 unspecified atom stereocenters. The molecule has 3 nitrogen and oxygen atoms in total. The van der Waals surface area contributed by atoms with Crippen molar-refractivity contribution >= 4 is 69.9 Å². The topological polar surface area (TPSA) is 51.2 Å². The van der Waals surface area contributed by atoms with Crippen LogP contribution in [0.2, 0.25) is 20.1 Å². The van der Waals surface area contributed by atoms with Crippen molar-refractivity contribution in [1.29, 1.82) is 0 Å². The lowest BCUT2D eigenvalue weighted by atomic mass is 10.2. The molecule has 142 valence electrons. The molecule has 0 heterocycles. The van der Waals surface area contributed by atoms with Crippen LogP contribution >= 0.6 is 53.5 Å². The molecule has 3 rings (SSSR count). The molecule has 28 heavy (non-hydrogen) atoms. The third-order valence-electron chi connectivity index (χ3n) is 4.06. The Hall–Kier alpha value is -1.61. The maximum Gasteiger partial charge on any atom is 0.248 e. The van der Waals surface area contributed by atoms with Gasteiger partial charge in [0.1, 0.15) is 0 Å². The van der Waals surface area contributed by atoms with E-state index in [1.165, 1.54) is 48.5 Å². The van der Waals surface area contributed by atoms with E-state index in [-0.39, 0.29) is 36.5 Å². The SMILES string of the molecule is O=C(c1cccc(Cl)c1Cl)P(=O)(C(=O)c1cccc(Cl)c1Cl)c1ccccc1. The van der Waals surface area contributed by atoms with Crippen molar-refractivity contribution in [2.75, 3.05) is 0 Å². The molecular weight excluding hydrogens is 461 g/mol. The molecule has 3 aromatic rings. The van der Waals surface area contributed by atoms with E-state index in [0.717, 1.165) is 0 Å². The highest BCUT2D eigenvalue weighted by Gasteiger charge is 2.44. The van der Waals surface area contributed by atoms with Gasteiger partial charge in [0, 0.05) is 16.4 Å². The lowest BCUT2D eigenvalue weighted by Crippen LogP contribution is -2.21. The van der Waals surface area contributed by atoms with Crippen LogP contribution in [-0.4, -0.2) is 11.0 Å². The van der Waals surface area contributed by atoms with Gasteiger partial charge in [-0.2, -0.15) is 0 Å². The summed E-state index contributed by atoms with van der Waals surface area (Å²) in [6.07, 6.45) is 0. The van der Waals surface area contributed by atoms with E-state index in [1.54, 1.807) is 18.2 Å². The van der Waals surface area contributed by atoms with Gasteiger partial charge in [0.2, 0.25) is 18.2 Å². The van der Waals surface area contributed by atoms with Gasteiger partial charge in [-0.05, 0) is 24.3 Å². The standard InChI is InChI=1S/C20H11Cl4O3P/c21-15-10-4-8-13(17(15)23)19(25)28(27,12-6-2-1-3-7-12)20(26)14-9-5-11-16(22)18(14)24/h1-11H. The third kappa shape index (κ3) is 3.66. The first-order chi connectivity index (χ1) is 13.3. The second-order valence-corrected chi connectivity index (χ2v) is 9.88. The molecular formula is C20H11Cl4O3P. The van der Waals surface area contributed by atoms with E-state index in [1.807, 2.05) is 0 Å². The Kier molecular flexibility index (Phi) is 6.34. The van der Waals surface area contributed by atoms with Crippen molar-refractivity contribution in [3.05, 3.63) is 97.9 Å². The van der Waals surface area contributed by atoms with E-state index in [9.17, 15) is 14.2 Å². The highest BCUT2D eigenvalue weighted by atomic mass is 35.5. The van der Waals surface area contributed by atoms with Gasteiger partial charge >= 0.3 is 0 Å². The van der Waals surface area contributed by atoms with Crippen LogP contribution in [0.4, 0.5) is 0 Å². The molecule has 0 aliphatic carbocycles. The summed E-state index contributed by atoms with van der Waals surface area (Å²) < 4.78 is 14.0. The van der Waals surface area contributed by atoms with Crippen LogP contribution in [0, 0.1) is 0 Å². The lowest BCUT2D eigenvalue weighted by Gasteiger charge is -2.18. The van der Waals surface area contributed by atoms with Gasteiger partial charge in [-0.1, -0.05) is 88.9 Å². The van der Waals surface area contributed by atoms with Crippen molar-refractivity contribution in [1.82, 2.24) is 0 Å². The third-order valence-corrected chi connectivity index (χ3v) is 8.34. The van der Waals surface area contributed by atoms with Crippen LogP contribution in [0.25, 0.3) is 0 Å². The summed E-state index contributed by atoms with van der Waals surface area (Å²) in [6.45, 7) is 0. The van der Waals surface area contributed by atoms with Gasteiger partial charge in [0.05, 0.1) is 20.1 Å². The Labute approximate surface area is 181 Å². The smallest absolute Gasteiger partial charge is 0.248 e. The molecule has 0 bridgehead atoms. The molecule has 3 aromatic carbocycles. The highest BCUT2D eigenvalue weighted by Crippen LogP contribution is 2.53. The van der Waals surface area contributed by atoms with Crippen LogP contribution in [0.15, 0.2) is 66.7 Å². The van der Waals surface area contributed by atoms with E-state index in [0.29, 0.717) is 0 Å². The van der Waals surface area contributed by atoms with Crippen molar-refractivity contribution in [3.8, 4) is 0 Å². The number of hydrogen-bond donors (Lipinski definition) is 0. The minimum atomic E-state index is -4.36. The fourth-order valence-corrected chi connectivity index (χ4v) is 5.84. The van der Waals surface area contributed by atoms with Gasteiger partial charge < -0.3 is 4.57 Å². The average molecular weight is 472 g/mol. The maximum absolute atomic E-state index is 14.0. The normalized spacial score (nSPS) is 11.3. The van der Waals surface area contributed by atoms with Crippen LogP contribution in [0.3, 0.4) is 0 Å². The Bertz CT molecular complexity index is 1060. The summed E-state index contributed by atoms with van der Waals surface area (Å²) >= 11 is 24.3. The Morgan fingerprint density at radius 1 is 0.607 bits per heavy atom. The summed E-state index contributed by atoms with van der Waals surface area (Å²) in [4.78, 5) is 26.7. The van der Waals surface area contributed by atoms with E-state index < -0.39 is 18.2 Å². The van der Waals surface area contributed by atoms with Gasteiger partial charge in [-0.15, -0.1) is 0 Å². The minimum absolute atomic E-state index is 0.0667. The molecule has 0 aliphatic rings. The molecule has 0 atom stereocenters. The second-order valence-electron chi connectivity index (χ2n) is 5.76. The molecule has 0 fully saturated rings. The Morgan fingerprint density at radius 2 is 1.04 bits per heavy atom. The van der Waals surface area contributed by atoms with E-state index >= 15 is 0 Å². The Morgan fingerprint density at radius 3 is 1.46 bits per heavy atom. The van der Waals surface area contributed by atoms with E-state index in [2.05, 4.69) is 0 Å². The first kappa shape index (κ1) is 21.1. The maximum atomic E-state index is 14.0. The second kappa shape index (κ2) is 8.41. The largest absolute Gasteiger partial charge is 0.302 e. The number of rotatable bonds is 5. The first-order valence-electron chi connectivity index (χ1n) is 7.92. The summed E-state index contributed by atoms with van der Waals surface area (Å²) in [5.74, 6) is 0. The average Bonchev–Trinajstić information content (AvgIpc) is 2.71. The zero-order valence-corrected chi connectivity index (χ0v) is 18.0. The summed E-state index contributed by atoms with van der Waals surface area (Å²) in [5.41, 5.74) is -2.06. The van der Waals surface area contributed by atoms with Gasteiger partial charge in [-0.3, -0.25) is 9.59 Å². The summed E-state index contributed by atoms with van der Waals surface area (Å²) in [5, 5.41) is 0.142. The molecule has 0 aromatic heterocycles. The monoisotopic (exact) mass is 470 g/mol. The van der Waals surface area contributed by atoms with Crippen molar-refractivity contribution in [2.24, 2.45) is 0 Å². The number of carbonyl (C=O) groups excluding carboxylic acids is 2. The van der Waals surface area contributed by atoms with Crippen LogP contribution in [0.5, 0.6) is 0 Å². The molecule has 0 aliphatic heterocycles. The van der Waals surface area contributed by atoms with Crippen molar-refractivity contribution in [3.63, 3.8) is 0 Å². The molecule has 8 heteroatoms. The number of benzene rings is 3. The summed E-state index contributed by atoms with van der Waals surface area (Å²) in [6, 6.07) is 16.5. The summed E-state index contributed by atoms with van der Waals surface area (Å²) in [7, 11) is -4.36. The number of hydrogen-bond acceptors (Lipinski definition) is 3. The van der Waals surface area contributed by atoms with Crippen LogP contribution in [-0.2, 0) is 4.57 Å². The zero-order valence-electron chi connectivity index (χ0n) is 14.0. The van der Waals surface area contributed by atoms with Gasteiger partial charge in [0.25, 0.3) is 0 Å². The first-order valence-corrected chi connectivity index (χ1v) is 11.1. The quantitative estimate of drug-likeness (QED) is 0.377. The predicted molar refractivity (Wildman–Crippen MR) is 115 cm³/mol. The van der Waals surface area contributed by atoms with Crippen molar-refractivity contribution in [2.45, 2.75) is 0 Å². The molecule has 0 saturated heterocycles. The van der Waals surface area contributed by atoms with Gasteiger partial charge in [-0.25, -0.2) is 0 Å². The van der Waals surface area contributed by atoms with Crippen LogP contribution in [0.1, 0.15) is 20.7 Å². The fraction of sp³-hybridized carbons (Fsp3) is 0. The van der Waals surface area contributed by atoms with Crippen molar-refractivity contribution < 1.29 is 14.2 Å². The van der Waals surface area contributed by atoms with Gasteiger partial charge in [0.15, 0.2) is 0 Å². The van der Waals surface area contributed by atoms with Crippen LogP contribution < -0.4 is 5.30 Å². The molecule has 0 amide bonds. The Balaban J connectivity index is 2.27. The fourth-order valence-electron chi connectivity index (χ4n) is 2.64. The zero-order chi connectivity index (χ0) is 20.5. The number of carbonyl (C=O) groups is 2. The molecule has 0 N–H and O–H groups in total.